The molecule has 5 rings (SSSR count). The first-order valence-corrected chi connectivity index (χ1v) is 11.9. The molecule has 178 valence electrons. The van der Waals surface area contributed by atoms with Crippen LogP contribution in [0.15, 0.2) is 90.1 Å². The number of benzene rings is 3. The van der Waals surface area contributed by atoms with Crippen molar-refractivity contribution < 1.29 is 0 Å². The molecule has 0 saturated heterocycles. The molecule has 2 heterocycles. The quantitative estimate of drug-likeness (QED) is 0.348. The van der Waals surface area contributed by atoms with Crippen LogP contribution in [0.3, 0.4) is 0 Å². The summed E-state index contributed by atoms with van der Waals surface area (Å²) >= 11 is 6.25. The van der Waals surface area contributed by atoms with Gasteiger partial charge in [-0.05, 0) is 65.7 Å². The number of aryl methyl sites for hydroxylation is 2. The number of aromatic nitrogens is 3. The Morgan fingerprint density at radius 1 is 1.00 bits per heavy atom. The third-order valence-electron chi connectivity index (χ3n) is 6.87. The minimum absolute atomic E-state index is 0.0828. The monoisotopic (exact) mass is 492 g/mol. The van der Waals surface area contributed by atoms with Crippen LogP contribution in [0.4, 0.5) is 0 Å². The molecule has 0 aliphatic heterocycles. The minimum Gasteiger partial charge on any atom is -0.335 e. The first-order chi connectivity index (χ1) is 17.4. The number of nitrogens with one attached hydrogen (secondary N) is 1. The van der Waals surface area contributed by atoms with Gasteiger partial charge in [0, 0.05) is 36.1 Å². The van der Waals surface area contributed by atoms with E-state index in [2.05, 4.69) is 28.4 Å². The van der Waals surface area contributed by atoms with Gasteiger partial charge in [-0.15, -0.1) is 6.42 Å². The van der Waals surface area contributed by atoms with Crippen LogP contribution in [0.5, 0.6) is 0 Å². The maximum absolute atomic E-state index is 12.9. The lowest BCUT2D eigenvalue weighted by Crippen LogP contribution is -2.43. The Bertz CT molecular complexity index is 1690. The van der Waals surface area contributed by atoms with Gasteiger partial charge < -0.3 is 14.5 Å². The fourth-order valence-corrected chi connectivity index (χ4v) is 5.13. The fraction of sp³-hybridized carbons (Fsp3) is 0.133. The van der Waals surface area contributed by atoms with E-state index in [1.807, 2.05) is 79.5 Å². The number of halogens is 1. The Hall–Kier alpha value is -4.11. The largest absolute Gasteiger partial charge is 0.335 e. The van der Waals surface area contributed by atoms with Crippen LogP contribution in [0.25, 0.3) is 22.0 Å². The van der Waals surface area contributed by atoms with Crippen LogP contribution >= 0.6 is 11.6 Å². The average Bonchev–Trinajstić information content (AvgIpc) is 3.34. The topological polar surface area (TPSA) is 51.9 Å². The lowest BCUT2D eigenvalue weighted by Gasteiger charge is -2.35. The van der Waals surface area contributed by atoms with E-state index in [1.165, 1.54) is 0 Å². The Balaban J connectivity index is 1.87. The highest BCUT2D eigenvalue weighted by atomic mass is 35.5. The third-order valence-corrected chi connectivity index (χ3v) is 7.12. The highest BCUT2D eigenvalue weighted by Gasteiger charge is 2.37. The second-order valence-corrected chi connectivity index (χ2v) is 9.25. The number of hydrogen-bond donors (Lipinski definition) is 1. The second kappa shape index (κ2) is 9.16. The first-order valence-electron chi connectivity index (χ1n) is 11.5. The van der Waals surface area contributed by atoms with Crippen molar-refractivity contribution in [3.05, 3.63) is 123 Å². The van der Waals surface area contributed by atoms with Gasteiger partial charge in [-0.1, -0.05) is 47.9 Å². The molecule has 0 aliphatic rings. The normalized spacial score (nSPS) is 12.9. The summed E-state index contributed by atoms with van der Waals surface area (Å²) in [6.45, 7) is 0. The zero-order valence-electron chi connectivity index (χ0n) is 20.3. The predicted octanol–water partition coefficient (Wildman–Crippen LogP) is 5.09. The van der Waals surface area contributed by atoms with E-state index >= 15 is 0 Å². The summed E-state index contributed by atoms with van der Waals surface area (Å²) in [7, 11) is 5.70. The molecule has 1 N–H and O–H groups in total. The molecule has 1 atom stereocenters. The Morgan fingerprint density at radius 3 is 2.42 bits per heavy atom. The summed E-state index contributed by atoms with van der Waals surface area (Å²) in [5.41, 5.74) is 5.49. The molecule has 6 heteroatoms. The highest BCUT2D eigenvalue weighted by molar-refractivity contribution is 6.30. The van der Waals surface area contributed by atoms with Gasteiger partial charge in [-0.2, -0.15) is 0 Å². The lowest BCUT2D eigenvalue weighted by atomic mass is 9.79. The summed E-state index contributed by atoms with van der Waals surface area (Å²) in [5.74, 6) is 2.69. The van der Waals surface area contributed by atoms with Gasteiger partial charge in [-0.3, -0.25) is 4.79 Å². The van der Waals surface area contributed by atoms with Crippen LogP contribution < -0.4 is 10.9 Å². The lowest BCUT2D eigenvalue weighted by molar-refractivity contribution is 0.493. The Kier molecular flexibility index (Phi) is 6.01. The second-order valence-electron chi connectivity index (χ2n) is 8.81. The highest BCUT2D eigenvalue weighted by Crippen LogP contribution is 2.39. The molecule has 1 unspecified atom stereocenters. The summed E-state index contributed by atoms with van der Waals surface area (Å²) in [4.78, 5) is 17.3. The molecule has 36 heavy (non-hydrogen) atoms. The standard InChI is InChI=1S/C30H25ClN4O/c1-5-20-7-6-8-21(15-20)25-17-29(36)35(4)27-14-11-23(16-26(25)27)30(32-2,28-18-33-19-34(28)3)22-9-12-24(31)13-10-22/h1,6-19,32H,2-4H3. The van der Waals surface area contributed by atoms with E-state index in [0.717, 1.165) is 44.4 Å². The number of hydrogen-bond acceptors (Lipinski definition) is 3. The number of nitrogens with zero attached hydrogens (tertiary/aromatic N) is 3. The Labute approximate surface area is 215 Å². The summed E-state index contributed by atoms with van der Waals surface area (Å²) < 4.78 is 3.68. The maximum atomic E-state index is 12.9. The van der Waals surface area contributed by atoms with Gasteiger partial charge in [0.25, 0.3) is 5.56 Å². The van der Waals surface area contributed by atoms with Gasteiger partial charge in [-0.25, -0.2) is 4.98 Å². The molecule has 2 aromatic heterocycles. The van der Waals surface area contributed by atoms with Gasteiger partial charge in [0.1, 0.15) is 5.54 Å². The van der Waals surface area contributed by atoms with Crippen molar-refractivity contribution in [2.24, 2.45) is 14.1 Å². The summed E-state index contributed by atoms with van der Waals surface area (Å²) in [6.07, 6.45) is 9.32. The van der Waals surface area contributed by atoms with Crippen molar-refractivity contribution in [1.29, 1.82) is 0 Å². The van der Waals surface area contributed by atoms with Crippen LogP contribution in [0.2, 0.25) is 5.02 Å². The van der Waals surface area contributed by atoms with E-state index in [9.17, 15) is 4.79 Å². The molecule has 0 aliphatic carbocycles. The molecule has 0 amide bonds. The number of pyridine rings is 1. The minimum atomic E-state index is -0.726. The van der Waals surface area contributed by atoms with Crippen molar-refractivity contribution >= 4 is 22.5 Å². The molecule has 0 saturated carbocycles. The predicted molar refractivity (Wildman–Crippen MR) is 146 cm³/mol. The van der Waals surface area contributed by atoms with Crippen molar-refractivity contribution in [3.63, 3.8) is 0 Å². The molecular weight excluding hydrogens is 468 g/mol. The van der Waals surface area contributed by atoms with Crippen molar-refractivity contribution in [2.75, 3.05) is 7.05 Å². The maximum Gasteiger partial charge on any atom is 0.251 e. The first kappa shape index (κ1) is 23.6. The summed E-state index contributed by atoms with van der Waals surface area (Å²) in [6, 6.07) is 23.4. The SMILES string of the molecule is C#Cc1cccc(-c2cc(=O)n(C)c3ccc(C(NC)(c4ccc(Cl)cc4)c4cncn4C)cc23)c1. The van der Waals surface area contributed by atoms with Crippen LogP contribution in [-0.2, 0) is 19.6 Å². The van der Waals surface area contributed by atoms with E-state index in [-0.39, 0.29) is 5.56 Å². The smallest absolute Gasteiger partial charge is 0.251 e. The van der Waals surface area contributed by atoms with Crippen molar-refractivity contribution in [2.45, 2.75) is 5.54 Å². The van der Waals surface area contributed by atoms with Crippen molar-refractivity contribution in [3.8, 4) is 23.5 Å². The molecule has 0 bridgehead atoms. The molecule has 0 radical (unpaired) electrons. The molecular formula is C30H25ClN4O. The zero-order valence-corrected chi connectivity index (χ0v) is 21.0. The molecule has 0 fully saturated rings. The molecule has 5 aromatic rings. The molecule has 3 aromatic carbocycles. The van der Waals surface area contributed by atoms with Gasteiger partial charge in [0.2, 0.25) is 0 Å². The number of rotatable bonds is 5. The third kappa shape index (κ3) is 3.72. The Morgan fingerprint density at radius 2 is 1.75 bits per heavy atom. The fourth-order valence-electron chi connectivity index (χ4n) is 5.01. The van der Waals surface area contributed by atoms with Gasteiger partial charge in [0.15, 0.2) is 0 Å². The number of terminal acetylenes is 1. The van der Waals surface area contributed by atoms with E-state index < -0.39 is 5.54 Å². The van der Waals surface area contributed by atoms with E-state index in [1.54, 1.807) is 24.0 Å². The number of fused-ring (bicyclic) bond motifs is 1. The van der Waals surface area contributed by atoms with E-state index in [4.69, 9.17) is 18.0 Å². The summed E-state index contributed by atoms with van der Waals surface area (Å²) in [5, 5.41) is 5.19. The number of imidazole rings is 1. The molecule has 0 spiro atoms. The van der Waals surface area contributed by atoms with Gasteiger partial charge >= 0.3 is 0 Å². The van der Waals surface area contributed by atoms with Gasteiger partial charge in [0.05, 0.1) is 23.7 Å². The van der Waals surface area contributed by atoms with Crippen LogP contribution in [0, 0.1) is 12.3 Å². The van der Waals surface area contributed by atoms with Crippen LogP contribution in [-0.4, -0.2) is 21.2 Å². The zero-order chi connectivity index (χ0) is 25.4. The van der Waals surface area contributed by atoms with Crippen LogP contribution in [0.1, 0.15) is 22.4 Å². The van der Waals surface area contributed by atoms with Crippen molar-refractivity contribution in [1.82, 2.24) is 19.4 Å². The van der Waals surface area contributed by atoms with E-state index in [0.29, 0.717) is 5.02 Å². The molecule has 5 nitrogen and oxygen atoms in total. The average molecular weight is 493 g/mol.